The van der Waals surface area contributed by atoms with Crippen LogP contribution < -0.4 is 15.4 Å². The molecule has 2 heterocycles. The van der Waals surface area contributed by atoms with Gasteiger partial charge in [-0.2, -0.15) is 0 Å². The first-order chi connectivity index (χ1) is 18.3. The number of benzene rings is 1. The van der Waals surface area contributed by atoms with Gasteiger partial charge in [-0.15, -0.1) is 0 Å². The monoisotopic (exact) mass is 546 g/mol. The van der Waals surface area contributed by atoms with Gasteiger partial charge >= 0.3 is 6.09 Å². The van der Waals surface area contributed by atoms with Crippen LogP contribution in [0.15, 0.2) is 30.5 Å². The molecule has 3 aromatic rings. The average Bonchev–Trinajstić information content (AvgIpc) is 3.19. The molecule has 2 amide bonds. The van der Waals surface area contributed by atoms with Gasteiger partial charge in [0.25, 0.3) is 5.91 Å². The molecule has 1 aromatic carbocycles. The predicted molar refractivity (Wildman–Crippen MR) is 142 cm³/mol. The van der Waals surface area contributed by atoms with Crippen molar-refractivity contribution in [3.8, 4) is 5.75 Å². The van der Waals surface area contributed by atoms with E-state index in [2.05, 4.69) is 15.6 Å². The highest BCUT2D eigenvalue weighted by molar-refractivity contribution is 5.95. The van der Waals surface area contributed by atoms with Crippen LogP contribution in [0.1, 0.15) is 68.3 Å². The van der Waals surface area contributed by atoms with Crippen molar-refractivity contribution in [1.29, 1.82) is 0 Å². The van der Waals surface area contributed by atoms with Crippen LogP contribution >= 0.6 is 0 Å². The number of halogens is 2. The number of carbonyl (C=O) groups excluding carboxylic acids is 2. The number of carbonyl (C=O) groups is 2. The van der Waals surface area contributed by atoms with Crippen molar-refractivity contribution < 1.29 is 32.6 Å². The fourth-order valence-electron chi connectivity index (χ4n) is 3.86. The molecule has 11 heteroatoms. The second-order valence-electron chi connectivity index (χ2n) is 10.6. The molecule has 0 saturated heterocycles. The van der Waals surface area contributed by atoms with E-state index in [9.17, 15) is 18.4 Å². The van der Waals surface area contributed by atoms with Crippen molar-refractivity contribution in [3.63, 3.8) is 0 Å². The molecule has 39 heavy (non-hydrogen) atoms. The Kier molecular flexibility index (Phi) is 9.16. The van der Waals surface area contributed by atoms with Gasteiger partial charge in [-0.05, 0) is 64.8 Å². The SMILES string of the molecule is CCC(C)(CNC(=O)c1c(COC)nc2c(OCc3c(F)cccc3F)cc(C)cn12)NC(=O)OC(C)(C)C. The highest BCUT2D eigenvalue weighted by Gasteiger charge is 2.30. The third-order valence-corrected chi connectivity index (χ3v) is 6.05. The molecule has 0 saturated carbocycles. The Balaban J connectivity index is 1.89. The standard InChI is InChI=1S/C28H36F2N4O5/c1-8-28(6,33-26(36)39-27(3,4)5)16-31-25(35)23-21(15-37-7)32-24-22(12-17(2)13-34(23)24)38-14-18-19(29)10-9-11-20(18)30/h9-13H,8,14-16H2,1-7H3,(H,31,35)(H,33,36). The first-order valence-electron chi connectivity index (χ1n) is 12.6. The number of alkyl carbamates (subject to hydrolysis) is 1. The molecule has 0 aliphatic heterocycles. The van der Waals surface area contributed by atoms with Gasteiger partial charge in [0.1, 0.15) is 29.5 Å². The summed E-state index contributed by atoms with van der Waals surface area (Å²) in [6.07, 6.45) is 1.65. The van der Waals surface area contributed by atoms with Crippen LogP contribution in [-0.4, -0.2) is 46.2 Å². The molecule has 1 unspecified atom stereocenters. The van der Waals surface area contributed by atoms with E-state index in [1.165, 1.54) is 13.2 Å². The molecule has 0 radical (unpaired) electrons. The van der Waals surface area contributed by atoms with Crippen molar-refractivity contribution >= 4 is 17.6 Å². The van der Waals surface area contributed by atoms with Crippen LogP contribution in [0.5, 0.6) is 5.75 Å². The number of nitrogens with zero attached hydrogens (tertiary/aromatic N) is 2. The second kappa shape index (κ2) is 12.0. The van der Waals surface area contributed by atoms with Gasteiger partial charge in [-0.3, -0.25) is 9.20 Å². The topological polar surface area (TPSA) is 103 Å². The van der Waals surface area contributed by atoms with E-state index >= 15 is 0 Å². The first kappa shape index (κ1) is 29.8. The minimum atomic E-state index is -0.784. The lowest BCUT2D eigenvalue weighted by Gasteiger charge is -2.31. The number of imidazole rings is 1. The van der Waals surface area contributed by atoms with E-state index < -0.39 is 34.8 Å². The summed E-state index contributed by atoms with van der Waals surface area (Å²) in [5.41, 5.74) is -0.0762. The van der Waals surface area contributed by atoms with Crippen molar-refractivity contribution in [2.24, 2.45) is 0 Å². The molecular formula is C28H36F2N4O5. The zero-order valence-electron chi connectivity index (χ0n) is 23.4. The zero-order chi connectivity index (χ0) is 29.0. The minimum Gasteiger partial charge on any atom is -0.485 e. The fraction of sp³-hybridized carbons (Fsp3) is 0.464. The van der Waals surface area contributed by atoms with Crippen LogP contribution in [0.4, 0.5) is 13.6 Å². The van der Waals surface area contributed by atoms with E-state index in [0.29, 0.717) is 17.8 Å². The number of aromatic nitrogens is 2. The van der Waals surface area contributed by atoms with E-state index in [-0.39, 0.29) is 36.8 Å². The van der Waals surface area contributed by atoms with E-state index in [0.717, 1.165) is 17.7 Å². The van der Waals surface area contributed by atoms with Crippen LogP contribution in [0, 0.1) is 18.6 Å². The maximum atomic E-state index is 14.1. The normalized spacial score (nSPS) is 13.2. The Morgan fingerprint density at radius 3 is 2.36 bits per heavy atom. The van der Waals surface area contributed by atoms with E-state index in [1.807, 2.05) is 6.92 Å². The number of nitrogens with one attached hydrogen (secondary N) is 2. The molecule has 1 atom stereocenters. The van der Waals surface area contributed by atoms with Crippen LogP contribution in [-0.2, 0) is 22.7 Å². The molecule has 0 fully saturated rings. The average molecular weight is 547 g/mol. The lowest BCUT2D eigenvalue weighted by atomic mass is 9.99. The molecule has 212 valence electrons. The summed E-state index contributed by atoms with van der Waals surface area (Å²) in [6.45, 7) is 10.6. The van der Waals surface area contributed by atoms with Gasteiger partial charge in [0.15, 0.2) is 11.4 Å². The number of fused-ring (bicyclic) bond motifs is 1. The number of methoxy groups -OCH3 is 1. The fourth-order valence-corrected chi connectivity index (χ4v) is 3.86. The second-order valence-corrected chi connectivity index (χ2v) is 10.6. The summed E-state index contributed by atoms with van der Waals surface area (Å²) in [4.78, 5) is 30.4. The number of ether oxygens (including phenoxy) is 3. The molecule has 2 aromatic heterocycles. The summed E-state index contributed by atoms with van der Waals surface area (Å²) in [5.74, 6) is -1.64. The van der Waals surface area contributed by atoms with Crippen molar-refractivity contribution in [1.82, 2.24) is 20.0 Å². The molecule has 0 bridgehead atoms. The molecule has 0 aliphatic carbocycles. The Hall–Kier alpha value is -3.73. The number of hydrogen-bond donors (Lipinski definition) is 2. The molecule has 0 aliphatic rings. The van der Waals surface area contributed by atoms with Crippen LogP contribution in [0.3, 0.4) is 0 Å². The van der Waals surface area contributed by atoms with Gasteiger partial charge in [0, 0.05) is 19.9 Å². The maximum Gasteiger partial charge on any atom is 0.408 e. The minimum absolute atomic E-state index is 0.0338. The Bertz CT molecular complexity index is 1330. The number of hydrogen-bond acceptors (Lipinski definition) is 6. The highest BCUT2D eigenvalue weighted by atomic mass is 19.1. The molecular weight excluding hydrogens is 510 g/mol. The Morgan fingerprint density at radius 2 is 1.77 bits per heavy atom. The molecule has 9 nitrogen and oxygen atoms in total. The van der Waals surface area contributed by atoms with Gasteiger partial charge < -0.3 is 24.8 Å². The summed E-state index contributed by atoms with van der Waals surface area (Å²) in [7, 11) is 1.48. The summed E-state index contributed by atoms with van der Waals surface area (Å²) < 4.78 is 46.3. The quantitative estimate of drug-likeness (QED) is 0.368. The smallest absolute Gasteiger partial charge is 0.408 e. The number of amides is 2. The van der Waals surface area contributed by atoms with Gasteiger partial charge in [-0.1, -0.05) is 13.0 Å². The zero-order valence-corrected chi connectivity index (χ0v) is 23.4. The Labute approximate surface area is 226 Å². The van der Waals surface area contributed by atoms with Gasteiger partial charge in [0.05, 0.1) is 23.4 Å². The summed E-state index contributed by atoms with van der Waals surface area (Å²) in [6, 6.07) is 5.27. The maximum absolute atomic E-state index is 14.1. The lowest BCUT2D eigenvalue weighted by Crippen LogP contribution is -2.54. The lowest BCUT2D eigenvalue weighted by molar-refractivity contribution is 0.0456. The molecule has 3 rings (SSSR count). The third kappa shape index (κ3) is 7.44. The Morgan fingerprint density at radius 1 is 1.10 bits per heavy atom. The van der Waals surface area contributed by atoms with Gasteiger partial charge in [0.2, 0.25) is 0 Å². The van der Waals surface area contributed by atoms with Crippen LogP contribution in [0.25, 0.3) is 5.65 Å². The van der Waals surface area contributed by atoms with Crippen molar-refractivity contribution in [2.45, 2.75) is 72.3 Å². The van der Waals surface area contributed by atoms with Crippen molar-refractivity contribution in [3.05, 3.63) is 64.6 Å². The molecule has 0 spiro atoms. The first-order valence-corrected chi connectivity index (χ1v) is 12.6. The molecule has 2 N–H and O–H groups in total. The van der Waals surface area contributed by atoms with Crippen LogP contribution in [0.2, 0.25) is 0 Å². The number of pyridine rings is 1. The predicted octanol–water partition coefficient (Wildman–Crippen LogP) is 5.07. The van der Waals surface area contributed by atoms with Gasteiger partial charge in [-0.25, -0.2) is 18.6 Å². The number of aryl methyl sites for hydroxylation is 1. The van der Waals surface area contributed by atoms with E-state index in [1.54, 1.807) is 51.3 Å². The number of rotatable bonds is 10. The third-order valence-electron chi connectivity index (χ3n) is 6.05. The summed E-state index contributed by atoms with van der Waals surface area (Å²) >= 11 is 0. The summed E-state index contributed by atoms with van der Waals surface area (Å²) in [5, 5.41) is 5.71. The highest BCUT2D eigenvalue weighted by Crippen LogP contribution is 2.27. The largest absolute Gasteiger partial charge is 0.485 e. The van der Waals surface area contributed by atoms with Crippen molar-refractivity contribution in [2.75, 3.05) is 13.7 Å². The van der Waals surface area contributed by atoms with E-state index in [4.69, 9.17) is 14.2 Å².